The van der Waals surface area contributed by atoms with Gasteiger partial charge in [-0.25, -0.2) is 9.78 Å². The molecule has 25 heavy (non-hydrogen) atoms. The van der Waals surface area contributed by atoms with Crippen molar-refractivity contribution >= 4 is 11.8 Å². The molecule has 2 aromatic heterocycles. The number of imidazole rings is 1. The molecule has 0 N–H and O–H groups in total. The maximum absolute atomic E-state index is 12.5. The first-order valence-electron chi connectivity index (χ1n) is 8.00. The topological polar surface area (TPSA) is 96.2 Å². The van der Waals surface area contributed by atoms with E-state index in [2.05, 4.69) is 15.2 Å². The second kappa shape index (κ2) is 7.80. The van der Waals surface area contributed by atoms with Gasteiger partial charge in [-0.15, -0.1) is 10.2 Å². The minimum absolute atomic E-state index is 0.108. The third-order valence-electron chi connectivity index (χ3n) is 3.82. The summed E-state index contributed by atoms with van der Waals surface area (Å²) in [6, 6.07) is 3.32. The summed E-state index contributed by atoms with van der Waals surface area (Å²) in [5.74, 6) is -0.0403. The third kappa shape index (κ3) is 3.97. The summed E-state index contributed by atoms with van der Waals surface area (Å²) in [7, 11) is 0. The molecule has 0 unspecified atom stereocenters. The molecule has 0 atom stereocenters. The molecule has 130 valence electrons. The fraction of sp³-hybridized carbons (Fsp3) is 0.353. The van der Waals surface area contributed by atoms with Crippen LogP contribution in [0.4, 0.5) is 0 Å². The fourth-order valence-corrected chi connectivity index (χ4v) is 2.53. The van der Waals surface area contributed by atoms with E-state index < -0.39 is 5.97 Å². The lowest BCUT2D eigenvalue weighted by Gasteiger charge is -2.19. The standard InChI is InChI=1S/C17H18N4O4/c1-2-25-17(23)13-10-24-8-5-12(13)9-15(22)14-3-4-16(20-19-14)21-7-6-18-11-21/h3-4,6-7,11H,2,5,8-10H2,1H3. The van der Waals surface area contributed by atoms with Gasteiger partial charge >= 0.3 is 5.97 Å². The second-order valence-corrected chi connectivity index (χ2v) is 5.45. The maximum atomic E-state index is 12.5. The van der Waals surface area contributed by atoms with Gasteiger partial charge in [-0.05, 0) is 31.1 Å². The SMILES string of the molecule is CCOC(=O)C1=C(CC(=O)c2ccc(-n3ccnc3)nn2)CCOC1. The first-order chi connectivity index (χ1) is 12.2. The van der Waals surface area contributed by atoms with Crippen molar-refractivity contribution in [1.29, 1.82) is 0 Å². The average Bonchev–Trinajstić information content (AvgIpc) is 3.17. The van der Waals surface area contributed by atoms with Crippen LogP contribution >= 0.6 is 0 Å². The minimum atomic E-state index is -0.425. The number of aromatic nitrogens is 4. The van der Waals surface area contributed by atoms with Gasteiger partial charge < -0.3 is 9.47 Å². The number of esters is 1. The quantitative estimate of drug-likeness (QED) is 0.580. The Kier molecular flexibility index (Phi) is 5.30. The average molecular weight is 342 g/mol. The molecule has 0 fully saturated rings. The van der Waals surface area contributed by atoms with Gasteiger partial charge in [-0.2, -0.15) is 0 Å². The number of rotatable bonds is 6. The Bertz CT molecular complexity index is 781. The molecule has 0 spiro atoms. The van der Waals surface area contributed by atoms with Crippen molar-refractivity contribution in [2.45, 2.75) is 19.8 Å². The fourth-order valence-electron chi connectivity index (χ4n) is 2.53. The van der Waals surface area contributed by atoms with Crippen molar-refractivity contribution in [3.05, 3.63) is 47.7 Å². The molecule has 0 amide bonds. The highest BCUT2D eigenvalue weighted by molar-refractivity contribution is 5.98. The normalized spacial score (nSPS) is 14.4. The Morgan fingerprint density at radius 1 is 1.32 bits per heavy atom. The first kappa shape index (κ1) is 17.0. The molecule has 0 bridgehead atoms. The highest BCUT2D eigenvalue weighted by atomic mass is 16.5. The third-order valence-corrected chi connectivity index (χ3v) is 3.82. The number of ketones is 1. The van der Waals surface area contributed by atoms with Crippen LogP contribution in [-0.4, -0.2) is 51.3 Å². The molecule has 0 saturated heterocycles. The second-order valence-electron chi connectivity index (χ2n) is 5.45. The van der Waals surface area contributed by atoms with Gasteiger partial charge in [0.15, 0.2) is 11.6 Å². The molecule has 8 heteroatoms. The number of ether oxygens (including phenoxy) is 2. The van der Waals surface area contributed by atoms with Crippen LogP contribution in [0.2, 0.25) is 0 Å². The molecule has 0 radical (unpaired) electrons. The Balaban J connectivity index is 1.75. The van der Waals surface area contributed by atoms with Crippen molar-refractivity contribution in [2.24, 2.45) is 0 Å². The molecule has 0 aliphatic carbocycles. The Labute approximate surface area is 144 Å². The van der Waals surface area contributed by atoms with Crippen LogP contribution in [0.5, 0.6) is 0 Å². The monoisotopic (exact) mass is 342 g/mol. The maximum Gasteiger partial charge on any atom is 0.336 e. The summed E-state index contributed by atoms with van der Waals surface area (Å²) in [6.07, 6.45) is 5.61. The van der Waals surface area contributed by atoms with Crippen LogP contribution < -0.4 is 0 Å². The molecule has 2 aromatic rings. The Hall–Kier alpha value is -2.87. The van der Waals surface area contributed by atoms with E-state index in [4.69, 9.17) is 9.47 Å². The summed E-state index contributed by atoms with van der Waals surface area (Å²) in [6.45, 7) is 2.68. The lowest BCUT2D eigenvalue weighted by Crippen LogP contribution is -2.21. The number of hydrogen-bond donors (Lipinski definition) is 0. The van der Waals surface area contributed by atoms with Gasteiger partial charge in [0.1, 0.15) is 12.0 Å². The van der Waals surface area contributed by atoms with E-state index in [9.17, 15) is 9.59 Å². The molecule has 0 aromatic carbocycles. The summed E-state index contributed by atoms with van der Waals surface area (Å²) in [5, 5.41) is 8.03. The zero-order valence-electron chi connectivity index (χ0n) is 13.8. The highest BCUT2D eigenvalue weighted by Gasteiger charge is 2.23. The zero-order valence-corrected chi connectivity index (χ0v) is 13.8. The lowest BCUT2D eigenvalue weighted by atomic mass is 9.97. The van der Waals surface area contributed by atoms with E-state index in [0.717, 1.165) is 5.57 Å². The molecule has 1 aliphatic heterocycles. The summed E-state index contributed by atoms with van der Waals surface area (Å²) >= 11 is 0. The van der Waals surface area contributed by atoms with Gasteiger partial charge in [0, 0.05) is 18.8 Å². The zero-order chi connectivity index (χ0) is 17.6. The summed E-state index contributed by atoms with van der Waals surface area (Å²) < 4.78 is 12.0. The van der Waals surface area contributed by atoms with Gasteiger partial charge in [-0.3, -0.25) is 9.36 Å². The summed E-state index contributed by atoms with van der Waals surface area (Å²) in [5.41, 5.74) is 1.44. The number of carbonyl (C=O) groups excluding carboxylic acids is 2. The molecule has 3 rings (SSSR count). The predicted octanol–water partition coefficient (Wildman–Crippen LogP) is 1.52. The number of carbonyl (C=O) groups is 2. The molecular formula is C17H18N4O4. The van der Waals surface area contributed by atoms with Crippen LogP contribution in [-0.2, 0) is 14.3 Å². The van der Waals surface area contributed by atoms with Crippen LogP contribution in [0.15, 0.2) is 42.0 Å². The smallest absolute Gasteiger partial charge is 0.336 e. The van der Waals surface area contributed by atoms with E-state index >= 15 is 0 Å². The number of nitrogens with zero attached hydrogens (tertiary/aromatic N) is 4. The van der Waals surface area contributed by atoms with Crippen LogP contribution in [0.3, 0.4) is 0 Å². The minimum Gasteiger partial charge on any atom is -0.463 e. The number of hydrogen-bond acceptors (Lipinski definition) is 7. The van der Waals surface area contributed by atoms with Crippen molar-refractivity contribution in [3.8, 4) is 5.82 Å². The van der Waals surface area contributed by atoms with Gasteiger partial charge in [0.25, 0.3) is 0 Å². The first-order valence-corrected chi connectivity index (χ1v) is 8.00. The van der Waals surface area contributed by atoms with Crippen molar-refractivity contribution in [1.82, 2.24) is 19.7 Å². The molecule has 3 heterocycles. The van der Waals surface area contributed by atoms with E-state index in [1.807, 2.05) is 0 Å². The van der Waals surface area contributed by atoms with E-state index in [-0.39, 0.29) is 31.1 Å². The molecule has 0 saturated carbocycles. The molecular weight excluding hydrogens is 324 g/mol. The van der Waals surface area contributed by atoms with Crippen molar-refractivity contribution in [2.75, 3.05) is 19.8 Å². The van der Waals surface area contributed by atoms with Crippen molar-refractivity contribution < 1.29 is 19.1 Å². The molecule has 8 nitrogen and oxygen atoms in total. The van der Waals surface area contributed by atoms with Gasteiger partial charge in [-0.1, -0.05) is 0 Å². The van der Waals surface area contributed by atoms with E-state index in [1.54, 1.807) is 42.3 Å². The largest absolute Gasteiger partial charge is 0.463 e. The highest BCUT2D eigenvalue weighted by Crippen LogP contribution is 2.22. The Morgan fingerprint density at radius 2 is 2.20 bits per heavy atom. The van der Waals surface area contributed by atoms with E-state index in [0.29, 0.717) is 24.4 Å². The molecule has 1 aliphatic rings. The summed E-state index contributed by atoms with van der Waals surface area (Å²) in [4.78, 5) is 28.4. The van der Waals surface area contributed by atoms with Gasteiger partial charge in [0.05, 0.1) is 25.4 Å². The Morgan fingerprint density at radius 3 is 2.88 bits per heavy atom. The predicted molar refractivity (Wildman–Crippen MR) is 87.2 cm³/mol. The van der Waals surface area contributed by atoms with Crippen molar-refractivity contribution in [3.63, 3.8) is 0 Å². The van der Waals surface area contributed by atoms with Gasteiger partial charge in [0.2, 0.25) is 0 Å². The van der Waals surface area contributed by atoms with Crippen LogP contribution in [0.1, 0.15) is 30.3 Å². The lowest BCUT2D eigenvalue weighted by molar-refractivity contribution is -0.139. The van der Waals surface area contributed by atoms with E-state index in [1.165, 1.54) is 0 Å². The number of Topliss-reactive ketones (excluding diaryl/α,β-unsaturated/α-hetero) is 1. The van der Waals surface area contributed by atoms with Crippen LogP contribution in [0, 0.1) is 0 Å². The van der Waals surface area contributed by atoms with Crippen LogP contribution in [0.25, 0.3) is 5.82 Å².